The number of anilines is 2. The van der Waals surface area contributed by atoms with Crippen LogP contribution in [-0.4, -0.2) is 39.3 Å². The van der Waals surface area contributed by atoms with E-state index in [2.05, 4.69) is 53.5 Å². The van der Waals surface area contributed by atoms with Crippen LogP contribution in [0.3, 0.4) is 0 Å². The molecular weight excluding hydrogens is 246 g/mol. The Kier molecular flexibility index (Phi) is 3.88. The van der Waals surface area contributed by atoms with E-state index < -0.39 is 0 Å². The van der Waals surface area contributed by atoms with Crippen molar-refractivity contribution < 1.29 is 0 Å². The van der Waals surface area contributed by atoms with Crippen LogP contribution in [0, 0.1) is 0 Å². The fraction of sp³-hybridized carbons (Fsp3) is 0.647. The van der Waals surface area contributed by atoms with Gasteiger partial charge in [-0.15, -0.1) is 0 Å². The minimum absolute atomic E-state index is 0.386. The Morgan fingerprint density at radius 3 is 2.40 bits per heavy atom. The second-order valence-corrected chi connectivity index (χ2v) is 6.60. The molecule has 0 amide bonds. The predicted molar refractivity (Wildman–Crippen MR) is 86.8 cm³/mol. The van der Waals surface area contributed by atoms with Gasteiger partial charge < -0.3 is 15.1 Å². The molecule has 0 aromatic heterocycles. The van der Waals surface area contributed by atoms with E-state index in [1.165, 1.54) is 63.1 Å². The Morgan fingerprint density at radius 2 is 1.75 bits per heavy atom. The van der Waals surface area contributed by atoms with Gasteiger partial charge in [0.25, 0.3) is 0 Å². The maximum absolute atomic E-state index is 3.84. The van der Waals surface area contributed by atoms with Crippen molar-refractivity contribution in [2.45, 2.75) is 37.6 Å². The van der Waals surface area contributed by atoms with E-state index in [0.717, 1.165) is 0 Å². The summed E-state index contributed by atoms with van der Waals surface area (Å²) in [6.45, 7) is 3.52. The topological polar surface area (TPSA) is 18.5 Å². The van der Waals surface area contributed by atoms with Crippen LogP contribution >= 0.6 is 0 Å². The van der Waals surface area contributed by atoms with Gasteiger partial charge in [-0.1, -0.05) is 12.8 Å². The maximum Gasteiger partial charge on any atom is 0.0368 e. The predicted octanol–water partition coefficient (Wildman–Crippen LogP) is 2.87. The zero-order chi connectivity index (χ0) is 14.0. The zero-order valence-electron chi connectivity index (χ0n) is 12.9. The third-order valence-electron chi connectivity index (χ3n) is 4.89. The number of hydrogen-bond acceptors (Lipinski definition) is 3. The van der Waals surface area contributed by atoms with Crippen LogP contribution in [0.25, 0.3) is 0 Å². The summed E-state index contributed by atoms with van der Waals surface area (Å²) >= 11 is 0. The minimum atomic E-state index is 0.386. The van der Waals surface area contributed by atoms with Gasteiger partial charge in [-0.05, 0) is 50.1 Å². The highest BCUT2D eigenvalue weighted by Crippen LogP contribution is 2.33. The molecule has 3 rings (SSSR count). The molecule has 0 atom stereocenters. The summed E-state index contributed by atoms with van der Waals surface area (Å²) in [6.07, 6.45) is 6.72. The average molecular weight is 273 g/mol. The van der Waals surface area contributed by atoms with Crippen molar-refractivity contribution >= 4 is 11.4 Å². The van der Waals surface area contributed by atoms with Crippen molar-refractivity contribution in [1.29, 1.82) is 0 Å². The number of nitrogens with one attached hydrogen (secondary N) is 1. The average Bonchev–Trinajstić information content (AvgIpc) is 2.80. The van der Waals surface area contributed by atoms with Crippen LogP contribution in [0.5, 0.6) is 0 Å². The standard InChI is InChI=1S/C17H27N3/c1-19(2)15-6-8-16(9-7-15)20-13-5-12-18-17(14-20)10-3-4-11-17/h6-9,18H,3-5,10-14H2,1-2H3. The van der Waals surface area contributed by atoms with Crippen LogP contribution in [0.1, 0.15) is 32.1 Å². The molecule has 1 saturated carbocycles. The largest absolute Gasteiger partial charge is 0.378 e. The zero-order valence-corrected chi connectivity index (χ0v) is 12.9. The molecule has 0 bridgehead atoms. The van der Waals surface area contributed by atoms with Crippen LogP contribution in [0.15, 0.2) is 24.3 Å². The molecule has 2 aliphatic rings. The summed E-state index contributed by atoms with van der Waals surface area (Å²) in [5.74, 6) is 0. The van der Waals surface area contributed by atoms with Crippen LogP contribution < -0.4 is 15.1 Å². The molecule has 2 fully saturated rings. The molecular formula is C17H27N3. The molecule has 0 radical (unpaired) electrons. The van der Waals surface area contributed by atoms with Gasteiger partial charge >= 0.3 is 0 Å². The molecule has 1 spiro atoms. The third kappa shape index (κ3) is 2.78. The van der Waals surface area contributed by atoms with Crippen molar-refractivity contribution in [3.8, 4) is 0 Å². The van der Waals surface area contributed by atoms with E-state index in [9.17, 15) is 0 Å². The fourth-order valence-electron chi connectivity index (χ4n) is 3.69. The van der Waals surface area contributed by atoms with Crippen LogP contribution in [0.4, 0.5) is 11.4 Å². The van der Waals surface area contributed by atoms with Crippen molar-refractivity contribution in [3.05, 3.63) is 24.3 Å². The van der Waals surface area contributed by atoms with Crippen molar-refractivity contribution in [1.82, 2.24) is 5.32 Å². The third-order valence-corrected chi connectivity index (χ3v) is 4.89. The van der Waals surface area contributed by atoms with E-state index in [1.807, 2.05) is 0 Å². The smallest absolute Gasteiger partial charge is 0.0368 e. The molecule has 1 aromatic carbocycles. The molecule has 1 heterocycles. The Balaban J connectivity index is 1.77. The first-order valence-corrected chi connectivity index (χ1v) is 7.96. The van der Waals surface area contributed by atoms with Gasteiger partial charge in [-0.2, -0.15) is 0 Å². The lowest BCUT2D eigenvalue weighted by Crippen LogP contribution is -2.49. The quantitative estimate of drug-likeness (QED) is 0.894. The second-order valence-electron chi connectivity index (χ2n) is 6.60. The SMILES string of the molecule is CN(C)c1ccc(N2CCCNC3(CCCC3)C2)cc1. The summed E-state index contributed by atoms with van der Waals surface area (Å²) in [4.78, 5) is 4.75. The Labute approximate surface area is 123 Å². The van der Waals surface area contributed by atoms with E-state index in [-0.39, 0.29) is 0 Å². The number of rotatable bonds is 2. The lowest BCUT2D eigenvalue weighted by atomic mass is 9.97. The van der Waals surface area contributed by atoms with Crippen molar-refractivity contribution in [2.75, 3.05) is 43.5 Å². The molecule has 3 heteroatoms. The van der Waals surface area contributed by atoms with E-state index in [4.69, 9.17) is 0 Å². The van der Waals surface area contributed by atoms with Gasteiger partial charge in [0.2, 0.25) is 0 Å². The molecule has 3 nitrogen and oxygen atoms in total. The normalized spacial score (nSPS) is 22.0. The number of hydrogen-bond donors (Lipinski definition) is 1. The van der Waals surface area contributed by atoms with Gasteiger partial charge in [-0.25, -0.2) is 0 Å². The fourth-order valence-corrected chi connectivity index (χ4v) is 3.69. The highest BCUT2D eigenvalue weighted by Gasteiger charge is 2.36. The van der Waals surface area contributed by atoms with Gasteiger partial charge in [0, 0.05) is 44.1 Å². The minimum Gasteiger partial charge on any atom is -0.378 e. The van der Waals surface area contributed by atoms with E-state index in [0.29, 0.717) is 5.54 Å². The molecule has 1 aromatic rings. The van der Waals surface area contributed by atoms with Crippen molar-refractivity contribution in [3.63, 3.8) is 0 Å². The molecule has 1 saturated heterocycles. The molecule has 1 aliphatic heterocycles. The lowest BCUT2D eigenvalue weighted by molar-refractivity contribution is 0.354. The summed E-state index contributed by atoms with van der Waals surface area (Å²) in [5.41, 5.74) is 3.04. The maximum atomic E-state index is 3.84. The van der Waals surface area contributed by atoms with Gasteiger partial charge in [-0.3, -0.25) is 0 Å². The van der Waals surface area contributed by atoms with Gasteiger partial charge in [0.1, 0.15) is 0 Å². The van der Waals surface area contributed by atoms with Gasteiger partial charge in [0.05, 0.1) is 0 Å². The molecule has 0 unspecified atom stereocenters. The molecule has 20 heavy (non-hydrogen) atoms. The highest BCUT2D eigenvalue weighted by molar-refractivity contribution is 5.56. The second kappa shape index (κ2) is 5.65. The molecule has 1 aliphatic carbocycles. The van der Waals surface area contributed by atoms with Crippen LogP contribution in [-0.2, 0) is 0 Å². The monoisotopic (exact) mass is 273 g/mol. The van der Waals surface area contributed by atoms with Crippen LogP contribution in [0.2, 0.25) is 0 Å². The van der Waals surface area contributed by atoms with Crippen molar-refractivity contribution in [2.24, 2.45) is 0 Å². The first-order chi connectivity index (χ1) is 9.69. The Bertz CT molecular complexity index is 432. The summed E-state index contributed by atoms with van der Waals surface area (Å²) < 4.78 is 0. The van der Waals surface area contributed by atoms with E-state index in [1.54, 1.807) is 0 Å². The summed E-state index contributed by atoms with van der Waals surface area (Å²) in [7, 11) is 4.19. The first kappa shape index (κ1) is 13.7. The Morgan fingerprint density at radius 1 is 1.05 bits per heavy atom. The first-order valence-electron chi connectivity index (χ1n) is 7.96. The number of nitrogens with zero attached hydrogens (tertiary/aromatic N) is 2. The van der Waals surface area contributed by atoms with Gasteiger partial charge in [0.15, 0.2) is 0 Å². The highest BCUT2D eigenvalue weighted by atomic mass is 15.2. The Hall–Kier alpha value is -1.22. The molecule has 1 N–H and O–H groups in total. The summed E-state index contributed by atoms with van der Waals surface area (Å²) in [5, 5.41) is 3.84. The summed E-state index contributed by atoms with van der Waals surface area (Å²) in [6, 6.07) is 9.02. The number of benzene rings is 1. The molecule has 110 valence electrons. The lowest BCUT2D eigenvalue weighted by Gasteiger charge is -2.34. The van der Waals surface area contributed by atoms with E-state index >= 15 is 0 Å².